The molecule has 0 fully saturated rings. The zero-order valence-corrected chi connectivity index (χ0v) is 13.2. The van der Waals surface area contributed by atoms with E-state index in [-0.39, 0.29) is 5.91 Å². The zero-order chi connectivity index (χ0) is 15.7. The van der Waals surface area contributed by atoms with Gasteiger partial charge >= 0.3 is 0 Å². The monoisotopic (exact) mass is 293 g/mol. The van der Waals surface area contributed by atoms with Gasteiger partial charge in [-0.05, 0) is 24.5 Å². The first-order chi connectivity index (χ1) is 10.0. The van der Waals surface area contributed by atoms with E-state index in [1.54, 1.807) is 0 Å². The summed E-state index contributed by atoms with van der Waals surface area (Å²) in [4.78, 5) is 11.6. The first-order valence-electron chi connectivity index (χ1n) is 7.55. The van der Waals surface area contributed by atoms with E-state index in [4.69, 9.17) is 10.5 Å². The van der Waals surface area contributed by atoms with Gasteiger partial charge in [0, 0.05) is 31.3 Å². The molecule has 0 aliphatic rings. The molecular formula is C16H27N3O2. The van der Waals surface area contributed by atoms with Crippen LogP contribution in [0.4, 0.5) is 11.4 Å². The maximum absolute atomic E-state index is 11.6. The Balaban J connectivity index is 2.39. The van der Waals surface area contributed by atoms with E-state index in [0.717, 1.165) is 18.7 Å². The Morgan fingerprint density at radius 3 is 2.81 bits per heavy atom. The summed E-state index contributed by atoms with van der Waals surface area (Å²) in [7, 11) is 0. The van der Waals surface area contributed by atoms with E-state index in [2.05, 4.69) is 24.5 Å². The molecule has 0 radical (unpaired) electrons. The predicted octanol–water partition coefficient (Wildman–Crippen LogP) is 2.63. The van der Waals surface area contributed by atoms with Crippen molar-refractivity contribution in [2.45, 2.75) is 33.6 Å². The van der Waals surface area contributed by atoms with Crippen LogP contribution in [0.3, 0.4) is 0 Å². The van der Waals surface area contributed by atoms with E-state index >= 15 is 0 Å². The molecule has 1 aromatic rings. The highest BCUT2D eigenvalue weighted by Crippen LogP contribution is 2.25. The van der Waals surface area contributed by atoms with Crippen molar-refractivity contribution in [1.82, 2.24) is 5.32 Å². The Morgan fingerprint density at radius 1 is 1.38 bits per heavy atom. The van der Waals surface area contributed by atoms with Gasteiger partial charge in [0.1, 0.15) is 5.75 Å². The molecule has 5 heteroatoms. The average molecular weight is 293 g/mol. The summed E-state index contributed by atoms with van der Waals surface area (Å²) in [6.07, 6.45) is 1.38. The lowest BCUT2D eigenvalue weighted by Crippen LogP contribution is -2.28. The van der Waals surface area contributed by atoms with Crippen molar-refractivity contribution in [3.63, 3.8) is 0 Å². The van der Waals surface area contributed by atoms with Crippen LogP contribution in [-0.4, -0.2) is 25.6 Å². The quantitative estimate of drug-likeness (QED) is 0.612. The zero-order valence-electron chi connectivity index (χ0n) is 13.2. The second-order valence-corrected chi connectivity index (χ2v) is 5.48. The van der Waals surface area contributed by atoms with Gasteiger partial charge in [0.05, 0.1) is 12.3 Å². The van der Waals surface area contributed by atoms with Crippen molar-refractivity contribution < 1.29 is 9.53 Å². The summed E-state index contributed by atoms with van der Waals surface area (Å²) in [5, 5.41) is 6.10. The average Bonchev–Trinajstić information content (AvgIpc) is 2.45. The van der Waals surface area contributed by atoms with Gasteiger partial charge in [-0.2, -0.15) is 0 Å². The Bertz CT molecular complexity index is 447. The molecule has 0 spiro atoms. The van der Waals surface area contributed by atoms with Crippen molar-refractivity contribution >= 4 is 17.3 Å². The van der Waals surface area contributed by atoms with Gasteiger partial charge in [-0.1, -0.05) is 20.8 Å². The molecule has 0 aliphatic carbocycles. The number of carbonyl (C=O) groups is 1. The van der Waals surface area contributed by atoms with Crippen LogP contribution in [0.5, 0.6) is 5.75 Å². The molecule has 1 rings (SSSR count). The maximum atomic E-state index is 11.6. The number of benzene rings is 1. The number of hydrogen-bond acceptors (Lipinski definition) is 4. The van der Waals surface area contributed by atoms with E-state index < -0.39 is 0 Å². The summed E-state index contributed by atoms with van der Waals surface area (Å²) in [5.41, 5.74) is 7.40. The van der Waals surface area contributed by atoms with Crippen molar-refractivity contribution in [2.24, 2.45) is 5.92 Å². The molecule has 5 nitrogen and oxygen atoms in total. The molecule has 4 N–H and O–H groups in total. The minimum absolute atomic E-state index is 0.0640. The number of hydrogen-bond donors (Lipinski definition) is 3. The second kappa shape index (κ2) is 9.10. The smallest absolute Gasteiger partial charge is 0.221 e. The van der Waals surface area contributed by atoms with E-state index in [9.17, 15) is 4.79 Å². The largest absolute Gasteiger partial charge is 0.491 e. The maximum Gasteiger partial charge on any atom is 0.221 e. The predicted molar refractivity (Wildman–Crippen MR) is 87.6 cm³/mol. The van der Waals surface area contributed by atoms with Crippen LogP contribution in [0.25, 0.3) is 0 Å². The molecule has 118 valence electrons. The molecule has 1 aromatic carbocycles. The lowest BCUT2D eigenvalue weighted by atomic mass is 10.2. The Morgan fingerprint density at radius 2 is 2.14 bits per heavy atom. The van der Waals surface area contributed by atoms with Crippen LogP contribution in [0.15, 0.2) is 18.2 Å². The number of nitrogens with one attached hydrogen (secondary N) is 2. The fraction of sp³-hybridized carbons (Fsp3) is 0.562. The molecule has 0 aromatic heterocycles. The van der Waals surface area contributed by atoms with Gasteiger partial charge in [-0.3, -0.25) is 4.79 Å². The number of anilines is 2. The lowest BCUT2D eigenvalue weighted by molar-refractivity contribution is -0.120. The Kier molecular flexibility index (Phi) is 7.43. The number of amides is 1. The van der Waals surface area contributed by atoms with E-state index in [1.807, 2.05) is 25.1 Å². The highest BCUT2D eigenvalue weighted by atomic mass is 16.5. The molecule has 21 heavy (non-hydrogen) atoms. The molecule has 1 amide bonds. The second-order valence-electron chi connectivity index (χ2n) is 5.48. The van der Waals surface area contributed by atoms with Gasteiger partial charge in [0.25, 0.3) is 0 Å². The van der Waals surface area contributed by atoms with Gasteiger partial charge in [-0.25, -0.2) is 0 Å². The Labute approximate surface area is 127 Å². The molecular weight excluding hydrogens is 266 g/mol. The summed E-state index contributed by atoms with van der Waals surface area (Å²) in [6, 6.07) is 5.57. The third-order valence-corrected chi connectivity index (χ3v) is 2.86. The van der Waals surface area contributed by atoms with Crippen LogP contribution in [0.1, 0.15) is 33.6 Å². The molecule has 0 saturated carbocycles. The first kappa shape index (κ1) is 17.1. The topological polar surface area (TPSA) is 76.4 Å². The summed E-state index contributed by atoms with van der Waals surface area (Å²) in [6.45, 7) is 8.14. The molecule has 0 saturated heterocycles. The van der Waals surface area contributed by atoms with Crippen molar-refractivity contribution in [3.05, 3.63) is 18.2 Å². The minimum Gasteiger partial charge on any atom is -0.491 e. The fourth-order valence-electron chi connectivity index (χ4n) is 1.71. The number of ether oxygens (including phenoxy) is 1. The normalized spacial score (nSPS) is 10.5. The number of carbonyl (C=O) groups excluding carboxylic acids is 1. The molecule has 0 aliphatic heterocycles. The van der Waals surface area contributed by atoms with Crippen LogP contribution in [0, 0.1) is 5.92 Å². The molecule has 0 heterocycles. The lowest BCUT2D eigenvalue weighted by Gasteiger charge is -2.12. The van der Waals surface area contributed by atoms with Crippen LogP contribution in [0.2, 0.25) is 0 Å². The van der Waals surface area contributed by atoms with Gasteiger partial charge in [0.2, 0.25) is 5.91 Å². The molecule has 0 bridgehead atoms. The van der Waals surface area contributed by atoms with Gasteiger partial charge in [-0.15, -0.1) is 0 Å². The van der Waals surface area contributed by atoms with Crippen LogP contribution in [-0.2, 0) is 4.79 Å². The van der Waals surface area contributed by atoms with Crippen molar-refractivity contribution in [1.29, 1.82) is 0 Å². The third kappa shape index (κ3) is 6.88. The highest BCUT2D eigenvalue weighted by Gasteiger charge is 2.04. The van der Waals surface area contributed by atoms with E-state index in [0.29, 0.717) is 36.9 Å². The number of nitrogens with two attached hydrogens (primary N) is 1. The van der Waals surface area contributed by atoms with Crippen LogP contribution >= 0.6 is 0 Å². The SMILES string of the molecule is CCCOc1cc(NCCC(=O)NCC(C)C)ccc1N. The van der Waals surface area contributed by atoms with E-state index in [1.165, 1.54) is 0 Å². The third-order valence-electron chi connectivity index (χ3n) is 2.86. The summed E-state index contributed by atoms with van der Waals surface area (Å²) >= 11 is 0. The first-order valence-corrected chi connectivity index (χ1v) is 7.55. The number of nitrogen functional groups attached to an aromatic ring is 1. The summed E-state index contributed by atoms with van der Waals surface area (Å²) < 4.78 is 5.57. The molecule has 0 atom stereocenters. The molecule has 0 unspecified atom stereocenters. The van der Waals surface area contributed by atoms with Gasteiger partial charge < -0.3 is 21.1 Å². The standard InChI is InChI=1S/C16H27N3O2/c1-4-9-21-15-10-13(5-6-14(15)17)18-8-7-16(20)19-11-12(2)3/h5-6,10,12,18H,4,7-9,11,17H2,1-3H3,(H,19,20). The van der Waals surface area contributed by atoms with Gasteiger partial charge in [0.15, 0.2) is 0 Å². The Hall–Kier alpha value is -1.91. The highest BCUT2D eigenvalue weighted by molar-refractivity contribution is 5.76. The van der Waals surface area contributed by atoms with Crippen molar-refractivity contribution in [3.8, 4) is 5.75 Å². The summed E-state index contributed by atoms with van der Waals surface area (Å²) in [5.74, 6) is 1.22. The van der Waals surface area contributed by atoms with Crippen molar-refractivity contribution in [2.75, 3.05) is 30.7 Å². The van der Waals surface area contributed by atoms with Crippen LogP contribution < -0.4 is 21.1 Å². The fourth-order valence-corrected chi connectivity index (χ4v) is 1.71. The minimum atomic E-state index is 0.0640. The number of rotatable bonds is 9.